The molecule has 1 aromatic heterocycles. The molecule has 2 heterocycles. The maximum Gasteiger partial charge on any atom is 0.254 e. The zero-order valence-corrected chi connectivity index (χ0v) is 20.2. The number of halogens is 1. The summed E-state index contributed by atoms with van der Waals surface area (Å²) in [5, 5.41) is 8.65. The molecule has 0 aliphatic carbocycles. The molecule has 1 fully saturated rings. The Morgan fingerprint density at radius 2 is 1.91 bits per heavy atom. The summed E-state index contributed by atoms with van der Waals surface area (Å²) in [4.78, 5) is 15.5. The molecule has 5 nitrogen and oxygen atoms in total. The van der Waals surface area contributed by atoms with Crippen molar-refractivity contribution in [1.82, 2.24) is 19.9 Å². The van der Waals surface area contributed by atoms with E-state index >= 15 is 0 Å². The van der Waals surface area contributed by atoms with Gasteiger partial charge in [0.2, 0.25) is 0 Å². The van der Waals surface area contributed by atoms with Gasteiger partial charge in [-0.3, -0.25) is 4.79 Å². The lowest BCUT2D eigenvalue weighted by Crippen LogP contribution is -2.44. The number of rotatable bonds is 4. The molecule has 2 atom stereocenters. The van der Waals surface area contributed by atoms with Crippen molar-refractivity contribution in [2.24, 2.45) is 5.41 Å². The Hall–Kier alpha value is -3.02. The molecule has 2 unspecified atom stereocenters. The minimum absolute atomic E-state index is 0.0972. The molecular weight excluding hydrogens is 415 g/mol. The topological polar surface area (TPSA) is 51.0 Å². The Morgan fingerprint density at radius 1 is 1.15 bits per heavy atom. The second kappa shape index (κ2) is 9.08. The summed E-state index contributed by atoms with van der Waals surface area (Å²) in [6.07, 6.45) is 4.42. The molecule has 0 spiro atoms. The summed E-state index contributed by atoms with van der Waals surface area (Å²) < 4.78 is 15.6. The van der Waals surface area contributed by atoms with E-state index in [-0.39, 0.29) is 29.1 Å². The molecular formula is C27H33FN4O. The first kappa shape index (κ1) is 23.1. The maximum atomic E-state index is 14.0. The quantitative estimate of drug-likeness (QED) is 0.514. The standard InChI is InChI=1S/C27H33FN4O/c1-18-15-20(24-17-32(30-29-24)25-12-8-11-23(28)19(25)2)13-14-31(18)26(33)22-10-7-6-9-21(22)16-27(3,4)5/h6-12,17-18,20H,13-16H2,1-5H3. The van der Waals surface area contributed by atoms with Crippen molar-refractivity contribution in [1.29, 1.82) is 0 Å². The Kier molecular flexibility index (Phi) is 6.37. The van der Waals surface area contributed by atoms with Gasteiger partial charge < -0.3 is 4.90 Å². The number of piperidine rings is 1. The third-order valence-corrected chi connectivity index (χ3v) is 6.52. The van der Waals surface area contributed by atoms with Crippen molar-refractivity contribution in [3.05, 3.63) is 76.9 Å². The first-order valence-electron chi connectivity index (χ1n) is 11.7. The van der Waals surface area contributed by atoms with Crippen LogP contribution >= 0.6 is 0 Å². The van der Waals surface area contributed by atoms with Crippen LogP contribution in [0.1, 0.15) is 73.6 Å². The van der Waals surface area contributed by atoms with Crippen molar-refractivity contribution in [2.75, 3.05) is 6.54 Å². The Morgan fingerprint density at radius 3 is 2.64 bits per heavy atom. The first-order valence-corrected chi connectivity index (χ1v) is 11.7. The fraction of sp³-hybridized carbons (Fsp3) is 0.444. The average molecular weight is 449 g/mol. The summed E-state index contributed by atoms with van der Waals surface area (Å²) in [6, 6.07) is 13.1. The predicted octanol–water partition coefficient (Wildman–Crippen LogP) is 5.71. The van der Waals surface area contributed by atoms with Gasteiger partial charge in [0.15, 0.2) is 0 Å². The molecule has 2 aromatic carbocycles. The van der Waals surface area contributed by atoms with Gasteiger partial charge >= 0.3 is 0 Å². The SMILES string of the molecule is Cc1c(F)cccc1-n1cc(C2CCN(C(=O)c3ccccc3CC(C)(C)C)C(C)C2)nn1. The molecule has 33 heavy (non-hydrogen) atoms. The molecule has 0 bridgehead atoms. The average Bonchev–Trinajstić information content (AvgIpc) is 3.24. The highest BCUT2D eigenvalue weighted by Gasteiger charge is 2.32. The summed E-state index contributed by atoms with van der Waals surface area (Å²) in [5.41, 5.74) is 4.18. The molecule has 0 radical (unpaired) electrons. The number of nitrogens with zero attached hydrogens (tertiary/aromatic N) is 4. The Labute approximate surface area is 195 Å². The number of likely N-dealkylation sites (tertiary alicyclic amines) is 1. The molecule has 1 saturated heterocycles. The van der Waals surface area contributed by atoms with Crippen LogP contribution in [0.5, 0.6) is 0 Å². The van der Waals surface area contributed by atoms with Gasteiger partial charge in [-0.2, -0.15) is 0 Å². The van der Waals surface area contributed by atoms with E-state index in [0.717, 1.165) is 36.1 Å². The summed E-state index contributed by atoms with van der Waals surface area (Å²) in [5.74, 6) is 0.0769. The Bertz CT molecular complexity index is 1150. The lowest BCUT2D eigenvalue weighted by atomic mass is 9.85. The van der Waals surface area contributed by atoms with E-state index in [2.05, 4.69) is 44.1 Å². The fourth-order valence-electron chi connectivity index (χ4n) is 4.78. The molecule has 4 rings (SSSR count). The smallest absolute Gasteiger partial charge is 0.254 e. The maximum absolute atomic E-state index is 14.0. The van der Waals surface area contributed by atoms with Crippen molar-refractivity contribution in [3.8, 4) is 5.69 Å². The van der Waals surface area contributed by atoms with Crippen LogP contribution in [0.15, 0.2) is 48.7 Å². The van der Waals surface area contributed by atoms with E-state index in [4.69, 9.17) is 0 Å². The van der Waals surface area contributed by atoms with Crippen LogP contribution in [0.25, 0.3) is 5.69 Å². The molecule has 1 amide bonds. The van der Waals surface area contributed by atoms with Crippen LogP contribution in [-0.4, -0.2) is 38.4 Å². The van der Waals surface area contributed by atoms with E-state index in [0.29, 0.717) is 17.8 Å². The number of carbonyl (C=O) groups excluding carboxylic acids is 1. The number of benzene rings is 2. The van der Waals surface area contributed by atoms with E-state index in [1.54, 1.807) is 17.7 Å². The van der Waals surface area contributed by atoms with Gasteiger partial charge in [0.05, 0.1) is 17.6 Å². The molecule has 1 aliphatic rings. The number of amides is 1. The highest BCUT2D eigenvalue weighted by molar-refractivity contribution is 5.96. The Balaban J connectivity index is 1.49. The minimum atomic E-state index is -0.253. The van der Waals surface area contributed by atoms with Gasteiger partial charge in [-0.15, -0.1) is 5.10 Å². The van der Waals surface area contributed by atoms with Crippen LogP contribution < -0.4 is 0 Å². The lowest BCUT2D eigenvalue weighted by molar-refractivity contribution is 0.0613. The molecule has 3 aromatic rings. The van der Waals surface area contributed by atoms with Gasteiger partial charge in [-0.1, -0.05) is 50.3 Å². The zero-order valence-electron chi connectivity index (χ0n) is 20.2. The largest absolute Gasteiger partial charge is 0.336 e. The van der Waals surface area contributed by atoms with Gasteiger partial charge in [-0.25, -0.2) is 9.07 Å². The van der Waals surface area contributed by atoms with E-state index < -0.39 is 0 Å². The molecule has 1 aliphatic heterocycles. The monoisotopic (exact) mass is 448 g/mol. The van der Waals surface area contributed by atoms with E-state index in [9.17, 15) is 9.18 Å². The van der Waals surface area contributed by atoms with Crippen molar-refractivity contribution in [3.63, 3.8) is 0 Å². The zero-order chi connectivity index (χ0) is 23.8. The summed E-state index contributed by atoms with van der Waals surface area (Å²) in [7, 11) is 0. The number of hydrogen-bond acceptors (Lipinski definition) is 3. The third-order valence-electron chi connectivity index (χ3n) is 6.52. The highest BCUT2D eigenvalue weighted by Crippen LogP contribution is 2.33. The molecule has 6 heteroatoms. The lowest BCUT2D eigenvalue weighted by Gasteiger charge is -2.37. The fourth-order valence-corrected chi connectivity index (χ4v) is 4.78. The van der Waals surface area contributed by atoms with Crippen molar-refractivity contribution < 1.29 is 9.18 Å². The summed E-state index contributed by atoms with van der Waals surface area (Å²) in [6.45, 7) is 11.1. The van der Waals surface area contributed by atoms with Crippen LogP contribution in [-0.2, 0) is 6.42 Å². The van der Waals surface area contributed by atoms with Crippen LogP contribution in [0, 0.1) is 18.2 Å². The second-order valence-electron chi connectivity index (χ2n) is 10.4. The summed E-state index contributed by atoms with van der Waals surface area (Å²) >= 11 is 0. The highest BCUT2D eigenvalue weighted by atomic mass is 19.1. The second-order valence-corrected chi connectivity index (χ2v) is 10.4. The number of aromatic nitrogens is 3. The van der Waals surface area contributed by atoms with Gasteiger partial charge in [0, 0.05) is 29.6 Å². The predicted molar refractivity (Wildman–Crippen MR) is 128 cm³/mol. The van der Waals surface area contributed by atoms with E-state index in [1.807, 2.05) is 35.4 Å². The van der Waals surface area contributed by atoms with Gasteiger partial charge in [0.1, 0.15) is 5.82 Å². The van der Waals surface area contributed by atoms with Crippen molar-refractivity contribution >= 4 is 5.91 Å². The third kappa shape index (κ3) is 5.00. The first-order chi connectivity index (χ1) is 15.6. The van der Waals surface area contributed by atoms with Crippen LogP contribution in [0.4, 0.5) is 4.39 Å². The van der Waals surface area contributed by atoms with Gasteiger partial charge in [-0.05, 0) is 62.3 Å². The normalized spacial score (nSPS) is 19.0. The van der Waals surface area contributed by atoms with E-state index in [1.165, 1.54) is 6.07 Å². The van der Waals surface area contributed by atoms with Crippen LogP contribution in [0.3, 0.4) is 0 Å². The molecule has 174 valence electrons. The molecule has 0 N–H and O–H groups in total. The molecule has 0 saturated carbocycles. The van der Waals surface area contributed by atoms with Crippen molar-refractivity contribution in [2.45, 2.75) is 65.8 Å². The minimum Gasteiger partial charge on any atom is -0.336 e. The van der Waals surface area contributed by atoms with Gasteiger partial charge in [0.25, 0.3) is 5.91 Å². The number of hydrogen-bond donors (Lipinski definition) is 0. The number of carbonyl (C=O) groups is 1. The van der Waals surface area contributed by atoms with Crippen LogP contribution in [0.2, 0.25) is 0 Å².